The summed E-state index contributed by atoms with van der Waals surface area (Å²) in [7, 11) is 4.18. The van der Waals surface area contributed by atoms with E-state index in [4.69, 9.17) is 12.2 Å². The molecule has 0 saturated heterocycles. The van der Waals surface area contributed by atoms with Crippen LogP contribution in [-0.4, -0.2) is 34.6 Å². The zero-order chi connectivity index (χ0) is 12.6. The lowest BCUT2D eigenvalue weighted by Crippen LogP contribution is -2.29. The second kappa shape index (κ2) is 4.63. The van der Waals surface area contributed by atoms with Crippen LogP contribution in [0.1, 0.15) is 12.5 Å². The van der Waals surface area contributed by atoms with Gasteiger partial charge in [0.15, 0.2) is 4.77 Å². The standard InChI is InChI=1S/C13H19N3S/c1-9-5-6-12-11(7-9)14-13(17)16(12)8-10(2)15(3)4/h5-7,10H,8H2,1-4H3,(H,14,17). The maximum atomic E-state index is 5.39. The first-order valence-electron chi connectivity index (χ1n) is 5.84. The third-order valence-electron chi connectivity index (χ3n) is 3.26. The molecule has 0 saturated carbocycles. The van der Waals surface area contributed by atoms with Gasteiger partial charge in [0.05, 0.1) is 11.0 Å². The van der Waals surface area contributed by atoms with Gasteiger partial charge in [0.1, 0.15) is 0 Å². The van der Waals surface area contributed by atoms with Crippen LogP contribution in [-0.2, 0) is 6.54 Å². The minimum atomic E-state index is 0.460. The molecule has 1 unspecified atom stereocenters. The third-order valence-corrected chi connectivity index (χ3v) is 3.58. The Kier molecular flexibility index (Phi) is 3.35. The van der Waals surface area contributed by atoms with Crippen LogP contribution in [0.5, 0.6) is 0 Å². The number of aromatic amines is 1. The number of H-pyrrole nitrogens is 1. The van der Waals surface area contributed by atoms with Gasteiger partial charge in [-0.2, -0.15) is 0 Å². The van der Waals surface area contributed by atoms with Gasteiger partial charge in [-0.05, 0) is 57.9 Å². The third kappa shape index (κ3) is 2.42. The van der Waals surface area contributed by atoms with Crippen molar-refractivity contribution in [1.29, 1.82) is 0 Å². The van der Waals surface area contributed by atoms with E-state index in [0.29, 0.717) is 6.04 Å². The molecule has 4 heteroatoms. The van der Waals surface area contributed by atoms with Gasteiger partial charge in [0, 0.05) is 12.6 Å². The second-order valence-electron chi connectivity index (χ2n) is 4.87. The zero-order valence-corrected chi connectivity index (χ0v) is 11.6. The largest absolute Gasteiger partial charge is 0.331 e. The summed E-state index contributed by atoms with van der Waals surface area (Å²) in [5.41, 5.74) is 3.57. The van der Waals surface area contributed by atoms with E-state index in [0.717, 1.165) is 16.8 Å². The van der Waals surface area contributed by atoms with Crippen molar-refractivity contribution in [3.05, 3.63) is 28.5 Å². The summed E-state index contributed by atoms with van der Waals surface area (Å²) >= 11 is 5.39. The van der Waals surface area contributed by atoms with Crippen LogP contribution in [0.15, 0.2) is 18.2 Å². The average Bonchev–Trinajstić information content (AvgIpc) is 2.54. The van der Waals surface area contributed by atoms with Gasteiger partial charge < -0.3 is 14.5 Å². The Hall–Kier alpha value is -1.13. The maximum Gasteiger partial charge on any atom is 0.178 e. The first-order valence-corrected chi connectivity index (χ1v) is 6.25. The van der Waals surface area contributed by atoms with Gasteiger partial charge in [-0.15, -0.1) is 0 Å². The number of rotatable bonds is 3. The average molecular weight is 249 g/mol. The molecule has 0 aliphatic rings. The molecule has 0 bridgehead atoms. The lowest BCUT2D eigenvalue weighted by Gasteiger charge is -2.20. The molecular formula is C13H19N3S. The van der Waals surface area contributed by atoms with Crippen molar-refractivity contribution in [2.24, 2.45) is 0 Å². The quantitative estimate of drug-likeness (QED) is 0.846. The molecular weight excluding hydrogens is 230 g/mol. The van der Waals surface area contributed by atoms with Gasteiger partial charge in [-0.3, -0.25) is 0 Å². The van der Waals surface area contributed by atoms with Crippen molar-refractivity contribution >= 4 is 23.3 Å². The Morgan fingerprint density at radius 2 is 2.12 bits per heavy atom. The summed E-state index contributed by atoms with van der Waals surface area (Å²) in [5, 5.41) is 0. The van der Waals surface area contributed by atoms with E-state index < -0.39 is 0 Å². The Balaban J connectivity index is 2.47. The highest BCUT2D eigenvalue weighted by Gasteiger charge is 2.09. The van der Waals surface area contributed by atoms with E-state index in [-0.39, 0.29) is 0 Å². The fourth-order valence-electron chi connectivity index (χ4n) is 1.89. The molecule has 1 atom stereocenters. The lowest BCUT2D eigenvalue weighted by molar-refractivity contribution is 0.285. The Morgan fingerprint density at radius 1 is 1.41 bits per heavy atom. The topological polar surface area (TPSA) is 24.0 Å². The first-order chi connectivity index (χ1) is 7.99. The van der Waals surface area contributed by atoms with E-state index in [1.54, 1.807) is 0 Å². The minimum absolute atomic E-state index is 0.460. The van der Waals surface area contributed by atoms with E-state index in [1.165, 1.54) is 11.1 Å². The summed E-state index contributed by atoms with van der Waals surface area (Å²) in [6, 6.07) is 6.87. The van der Waals surface area contributed by atoms with Crippen LogP contribution >= 0.6 is 12.2 Å². The van der Waals surface area contributed by atoms with Gasteiger partial charge in [0.2, 0.25) is 0 Å². The number of aromatic nitrogens is 2. The van der Waals surface area contributed by atoms with Crippen molar-refractivity contribution in [3.8, 4) is 0 Å². The van der Waals surface area contributed by atoms with Crippen LogP contribution in [0.2, 0.25) is 0 Å². The van der Waals surface area contributed by atoms with Crippen LogP contribution < -0.4 is 0 Å². The molecule has 1 aromatic carbocycles. The number of fused-ring (bicyclic) bond motifs is 1. The van der Waals surface area contributed by atoms with Gasteiger partial charge >= 0.3 is 0 Å². The van der Waals surface area contributed by atoms with Gasteiger partial charge in [0.25, 0.3) is 0 Å². The number of likely N-dealkylation sites (N-methyl/N-ethyl adjacent to an activating group) is 1. The van der Waals surface area contributed by atoms with E-state index in [2.05, 4.69) is 60.6 Å². The van der Waals surface area contributed by atoms with Crippen LogP contribution in [0.25, 0.3) is 11.0 Å². The second-order valence-corrected chi connectivity index (χ2v) is 5.26. The number of hydrogen-bond acceptors (Lipinski definition) is 2. The Labute approximate surface area is 107 Å². The summed E-state index contributed by atoms with van der Waals surface area (Å²) < 4.78 is 2.98. The predicted molar refractivity (Wildman–Crippen MR) is 75.0 cm³/mol. The SMILES string of the molecule is Cc1ccc2c(c1)[nH]c(=S)n2CC(C)N(C)C. The molecule has 1 heterocycles. The molecule has 1 N–H and O–H groups in total. The normalized spacial score (nSPS) is 13.5. The van der Waals surface area contributed by atoms with E-state index >= 15 is 0 Å². The highest BCUT2D eigenvalue weighted by Crippen LogP contribution is 2.16. The molecule has 0 radical (unpaired) electrons. The molecule has 0 aliphatic carbocycles. The van der Waals surface area contributed by atoms with Crippen molar-refractivity contribution in [2.45, 2.75) is 26.4 Å². The summed E-state index contributed by atoms with van der Waals surface area (Å²) in [6.45, 7) is 5.21. The molecule has 0 amide bonds. The zero-order valence-electron chi connectivity index (χ0n) is 10.8. The molecule has 1 aromatic heterocycles. The number of benzene rings is 1. The number of nitrogens with zero attached hydrogens (tertiary/aromatic N) is 2. The van der Waals surface area contributed by atoms with Gasteiger partial charge in [-0.1, -0.05) is 6.07 Å². The summed E-state index contributed by atoms with van der Waals surface area (Å²) in [6.07, 6.45) is 0. The number of imidazole rings is 1. The van der Waals surface area contributed by atoms with Crippen molar-refractivity contribution in [3.63, 3.8) is 0 Å². The van der Waals surface area contributed by atoms with Crippen molar-refractivity contribution in [2.75, 3.05) is 14.1 Å². The number of hydrogen-bond donors (Lipinski definition) is 1. The number of nitrogens with one attached hydrogen (secondary N) is 1. The molecule has 3 nitrogen and oxygen atoms in total. The fraction of sp³-hybridized carbons (Fsp3) is 0.462. The van der Waals surface area contributed by atoms with E-state index in [9.17, 15) is 0 Å². The highest BCUT2D eigenvalue weighted by molar-refractivity contribution is 7.71. The molecule has 92 valence electrons. The summed E-state index contributed by atoms with van der Waals surface area (Å²) in [4.78, 5) is 5.47. The molecule has 2 aromatic rings. The van der Waals surface area contributed by atoms with E-state index in [1.807, 2.05) is 0 Å². The maximum absolute atomic E-state index is 5.39. The van der Waals surface area contributed by atoms with Crippen LogP contribution in [0.4, 0.5) is 0 Å². The van der Waals surface area contributed by atoms with Gasteiger partial charge in [-0.25, -0.2) is 0 Å². The Morgan fingerprint density at radius 3 is 2.76 bits per heavy atom. The predicted octanol–water partition coefficient (Wildman–Crippen LogP) is 2.96. The van der Waals surface area contributed by atoms with Crippen LogP contribution in [0, 0.1) is 11.7 Å². The minimum Gasteiger partial charge on any atom is -0.331 e. The van der Waals surface area contributed by atoms with Crippen molar-refractivity contribution in [1.82, 2.24) is 14.5 Å². The molecule has 2 rings (SSSR count). The fourth-order valence-corrected chi connectivity index (χ4v) is 2.17. The smallest absolute Gasteiger partial charge is 0.178 e. The number of aryl methyl sites for hydroxylation is 1. The molecule has 0 fully saturated rings. The van der Waals surface area contributed by atoms with Crippen LogP contribution in [0.3, 0.4) is 0 Å². The molecule has 17 heavy (non-hydrogen) atoms. The monoisotopic (exact) mass is 249 g/mol. The van der Waals surface area contributed by atoms with Crippen molar-refractivity contribution < 1.29 is 0 Å². The first kappa shape index (κ1) is 12.3. The highest BCUT2D eigenvalue weighted by atomic mass is 32.1. The Bertz CT molecular complexity index is 580. The molecule has 0 aliphatic heterocycles. The summed E-state index contributed by atoms with van der Waals surface area (Å²) in [5.74, 6) is 0. The lowest BCUT2D eigenvalue weighted by atomic mass is 10.2. The molecule has 0 spiro atoms.